The molecule has 5 nitrogen and oxygen atoms in total. The van der Waals surface area contributed by atoms with Crippen LogP contribution in [0.4, 0.5) is 16.2 Å². The average Bonchev–Trinajstić information content (AvgIpc) is 2.55. The smallest absolute Gasteiger partial charge is 0.319 e. The highest BCUT2D eigenvalue weighted by Gasteiger charge is 2.09. The molecule has 4 N–H and O–H groups in total. The molecule has 0 bridgehead atoms. The van der Waals surface area contributed by atoms with E-state index < -0.39 is 0 Å². The fourth-order valence-corrected chi connectivity index (χ4v) is 2.40. The van der Waals surface area contributed by atoms with Crippen LogP contribution in [-0.4, -0.2) is 12.1 Å². The zero-order valence-electron chi connectivity index (χ0n) is 14.4. The first-order valence-corrected chi connectivity index (χ1v) is 8.23. The molecule has 0 unspecified atom stereocenters. The number of anilines is 2. The third kappa shape index (κ3) is 4.91. The molecule has 0 spiro atoms. The minimum atomic E-state index is -0.204. The number of nitrogens with two attached hydrogens (primary N) is 1. The molecule has 128 valence electrons. The molecular formula is C19H25N3O2. The van der Waals surface area contributed by atoms with E-state index in [1.807, 2.05) is 37.3 Å². The zero-order valence-corrected chi connectivity index (χ0v) is 14.4. The number of hydrogen-bond donors (Lipinski definition) is 3. The standard InChI is InChI=1S/C19H25N3O2/c1-4-15(5-2)21-19(23)22-16-7-6-8-17(12-16)24-18-10-9-14(20)11-13(18)3/h6-12,15H,4-5,20H2,1-3H3,(H2,21,22,23). The van der Waals surface area contributed by atoms with Gasteiger partial charge in [0.2, 0.25) is 0 Å². The highest BCUT2D eigenvalue weighted by Crippen LogP contribution is 2.28. The van der Waals surface area contributed by atoms with Crippen molar-refractivity contribution in [2.75, 3.05) is 11.1 Å². The summed E-state index contributed by atoms with van der Waals surface area (Å²) >= 11 is 0. The van der Waals surface area contributed by atoms with E-state index >= 15 is 0 Å². The van der Waals surface area contributed by atoms with E-state index in [-0.39, 0.29) is 12.1 Å². The summed E-state index contributed by atoms with van der Waals surface area (Å²) in [5.41, 5.74) is 8.10. The van der Waals surface area contributed by atoms with E-state index in [0.29, 0.717) is 17.1 Å². The molecule has 2 aromatic carbocycles. The Morgan fingerprint density at radius 2 is 1.92 bits per heavy atom. The summed E-state index contributed by atoms with van der Waals surface area (Å²) < 4.78 is 5.88. The highest BCUT2D eigenvalue weighted by molar-refractivity contribution is 5.89. The maximum absolute atomic E-state index is 12.0. The van der Waals surface area contributed by atoms with Crippen molar-refractivity contribution in [3.8, 4) is 11.5 Å². The monoisotopic (exact) mass is 327 g/mol. The lowest BCUT2D eigenvalue weighted by molar-refractivity contribution is 0.247. The maximum Gasteiger partial charge on any atom is 0.319 e. The average molecular weight is 327 g/mol. The number of carbonyl (C=O) groups excluding carboxylic acids is 1. The largest absolute Gasteiger partial charge is 0.457 e. The summed E-state index contributed by atoms with van der Waals surface area (Å²) in [7, 11) is 0. The van der Waals surface area contributed by atoms with Crippen molar-refractivity contribution in [3.05, 3.63) is 48.0 Å². The number of urea groups is 1. The quantitative estimate of drug-likeness (QED) is 0.674. The minimum Gasteiger partial charge on any atom is -0.457 e. The van der Waals surface area contributed by atoms with Crippen molar-refractivity contribution in [2.45, 2.75) is 39.7 Å². The van der Waals surface area contributed by atoms with Gasteiger partial charge in [-0.3, -0.25) is 0 Å². The van der Waals surface area contributed by atoms with Crippen molar-refractivity contribution < 1.29 is 9.53 Å². The SMILES string of the molecule is CCC(CC)NC(=O)Nc1cccc(Oc2ccc(N)cc2C)c1. The molecule has 0 radical (unpaired) electrons. The minimum absolute atomic E-state index is 0.182. The maximum atomic E-state index is 12.0. The first-order chi connectivity index (χ1) is 11.5. The molecule has 24 heavy (non-hydrogen) atoms. The van der Waals surface area contributed by atoms with Gasteiger partial charge in [-0.15, -0.1) is 0 Å². The van der Waals surface area contributed by atoms with Crippen LogP contribution in [0.3, 0.4) is 0 Å². The Labute approximate surface area is 143 Å². The molecule has 2 amide bonds. The van der Waals surface area contributed by atoms with Crippen molar-refractivity contribution in [3.63, 3.8) is 0 Å². The van der Waals surface area contributed by atoms with Gasteiger partial charge in [0, 0.05) is 23.5 Å². The van der Waals surface area contributed by atoms with Crippen LogP contribution in [0.15, 0.2) is 42.5 Å². The number of ether oxygens (including phenoxy) is 1. The first-order valence-electron chi connectivity index (χ1n) is 8.23. The van der Waals surface area contributed by atoms with Gasteiger partial charge in [0.1, 0.15) is 11.5 Å². The van der Waals surface area contributed by atoms with Gasteiger partial charge < -0.3 is 21.1 Å². The van der Waals surface area contributed by atoms with E-state index in [1.165, 1.54) is 0 Å². The molecule has 0 aliphatic carbocycles. The number of carbonyl (C=O) groups is 1. The molecular weight excluding hydrogens is 302 g/mol. The third-order valence-electron chi connectivity index (χ3n) is 3.84. The lowest BCUT2D eigenvalue weighted by atomic mass is 10.2. The second kappa shape index (κ2) is 8.24. The van der Waals surface area contributed by atoms with E-state index in [9.17, 15) is 4.79 Å². The van der Waals surface area contributed by atoms with Gasteiger partial charge in [-0.25, -0.2) is 4.79 Å². The van der Waals surface area contributed by atoms with E-state index in [1.54, 1.807) is 12.1 Å². The summed E-state index contributed by atoms with van der Waals surface area (Å²) in [6.07, 6.45) is 1.81. The Balaban J connectivity index is 2.04. The van der Waals surface area contributed by atoms with Gasteiger partial charge in [-0.1, -0.05) is 19.9 Å². The third-order valence-corrected chi connectivity index (χ3v) is 3.84. The van der Waals surface area contributed by atoms with Crippen LogP contribution in [-0.2, 0) is 0 Å². The topological polar surface area (TPSA) is 76.4 Å². The number of nitrogen functional groups attached to an aromatic ring is 1. The molecule has 0 aromatic heterocycles. The Hall–Kier alpha value is -2.69. The van der Waals surface area contributed by atoms with Crippen LogP contribution >= 0.6 is 0 Å². The number of nitrogens with one attached hydrogen (secondary N) is 2. The summed E-state index contributed by atoms with van der Waals surface area (Å²) in [5.74, 6) is 1.39. The molecule has 0 aliphatic rings. The highest BCUT2D eigenvalue weighted by atomic mass is 16.5. The number of rotatable bonds is 6. The van der Waals surface area contributed by atoms with Gasteiger partial charge in [-0.05, 0) is 55.7 Å². The van der Waals surface area contributed by atoms with Gasteiger partial charge in [-0.2, -0.15) is 0 Å². The Morgan fingerprint density at radius 1 is 1.17 bits per heavy atom. The van der Waals surface area contributed by atoms with Crippen molar-refractivity contribution >= 4 is 17.4 Å². The van der Waals surface area contributed by atoms with Gasteiger partial charge >= 0.3 is 6.03 Å². The molecule has 2 aromatic rings. The van der Waals surface area contributed by atoms with Crippen molar-refractivity contribution in [1.29, 1.82) is 0 Å². The van der Waals surface area contributed by atoms with Gasteiger partial charge in [0.25, 0.3) is 0 Å². The number of hydrogen-bond acceptors (Lipinski definition) is 3. The first kappa shape index (κ1) is 17.7. The van der Waals surface area contributed by atoms with E-state index in [2.05, 4.69) is 24.5 Å². The lowest BCUT2D eigenvalue weighted by Crippen LogP contribution is -2.37. The normalized spacial score (nSPS) is 10.5. The van der Waals surface area contributed by atoms with Gasteiger partial charge in [0.05, 0.1) is 0 Å². The Kier molecular flexibility index (Phi) is 6.07. The second-order valence-corrected chi connectivity index (χ2v) is 5.77. The Bertz CT molecular complexity index is 697. The van der Waals surface area contributed by atoms with E-state index in [4.69, 9.17) is 10.5 Å². The van der Waals surface area contributed by atoms with Gasteiger partial charge in [0.15, 0.2) is 0 Å². The second-order valence-electron chi connectivity index (χ2n) is 5.77. The summed E-state index contributed by atoms with van der Waals surface area (Å²) in [5, 5.41) is 5.79. The predicted octanol–water partition coefficient (Wildman–Crippen LogP) is 4.68. The van der Waals surface area contributed by atoms with Crippen LogP contribution in [0, 0.1) is 6.92 Å². The fourth-order valence-electron chi connectivity index (χ4n) is 2.40. The molecule has 5 heteroatoms. The molecule has 0 heterocycles. The lowest BCUT2D eigenvalue weighted by Gasteiger charge is -2.16. The summed E-state index contributed by atoms with van der Waals surface area (Å²) in [4.78, 5) is 12.0. The number of aryl methyl sites for hydroxylation is 1. The number of benzene rings is 2. The van der Waals surface area contributed by atoms with Crippen LogP contribution in [0.1, 0.15) is 32.3 Å². The molecule has 2 rings (SSSR count). The molecule has 0 atom stereocenters. The van der Waals surface area contributed by atoms with Crippen LogP contribution in [0.25, 0.3) is 0 Å². The van der Waals surface area contributed by atoms with E-state index in [0.717, 1.165) is 24.2 Å². The van der Waals surface area contributed by atoms with Crippen LogP contribution < -0.4 is 21.1 Å². The van der Waals surface area contributed by atoms with Crippen molar-refractivity contribution in [2.24, 2.45) is 0 Å². The fraction of sp³-hybridized carbons (Fsp3) is 0.316. The molecule has 0 saturated carbocycles. The zero-order chi connectivity index (χ0) is 17.5. The van der Waals surface area contributed by atoms with Crippen LogP contribution in [0.2, 0.25) is 0 Å². The molecule has 0 fully saturated rings. The molecule has 0 aliphatic heterocycles. The van der Waals surface area contributed by atoms with Crippen LogP contribution in [0.5, 0.6) is 11.5 Å². The predicted molar refractivity (Wildman–Crippen MR) is 98.6 cm³/mol. The molecule has 0 saturated heterocycles. The number of amides is 2. The Morgan fingerprint density at radius 3 is 2.58 bits per heavy atom. The van der Waals surface area contributed by atoms with Crippen molar-refractivity contribution in [1.82, 2.24) is 5.32 Å². The summed E-state index contributed by atoms with van der Waals surface area (Å²) in [6, 6.07) is 12.8. The summed E-state index contributed by atoms with van der Waals surface area (Å²) in [6.45, 7) is 6.05.